The third-order valence-corrected chi connectivity index (χ3v) is 2.72. The lowest BCUT2D eigenvalue weighted by molar-refractivity contribution is -0.115. The second-order valence-corrected chi connectivity index (χ2v) is 3.97. The van der Waals surface area contributed by atoms with E-state index < -0.39 is 17.5 Å². The maximum absolute atomic E-state index is 12.8. The van der Waals surface area contributed by atoms with E-state index in [1.165, 1.54) is 12.2 Å². The van der Waals surface area contributed by atoms with Gasteiger partial charge in [0.15, 0.2) is 5.78 Å². The van der Waals surface area contributed by atoms with Crippen LogP contribution in [0.2, 0.25) is 0 Å². The monoisotopic (exact) mass is 256 g/mol. The molecule has 18 heavy (non-hydrogen) atoms. The maximum Gasteiger partial charge on any atom is 0.417 e. The minimum atomic E-state index is -4.51. The largest absolute Gasteiger partial charge is 0.417 e. The van der Waals surface area contributed by atoms with Crippen molar-refractivity contribution in [2.24, 2.45) is 0 Å². The third kappa shape index (κ3) is 2.81. The van der Waals surface area contributed by atoms with Gasteiger partial charge in [-0.3, -0.25) is 4.79 Å². The Morgan fingerprint density at radius 3 is 2.39 bits per heavy atom. The first kappa shape index (κ1) is 14.5. The van der Waals surface area contributed by atoms with Crippen molar-refractivity contribution in [3.05, 3.63) is 47.1 Å². The molecule has 0 unspecified atom stereocenters. The van der Waals surface area contributed by atoms with Gasteiger partial charge >= 0.3 is 6.18 Å². The Bertz CT molecular complexity index is 462. The van der Waals surface area contributed by atoms with Crippen LogP contribution in [0.3, 0.4) is 0 Å². The summed E-state index contributed by atoms with van der Waals surface area (Å²) in [5.74, 6) is -0.585. The van der Waals surface area contributed by atoms with Crippen LogP contribution >= 0.6 is 0 Å². The Hall–Kier alpha value is -1.58. The van der Waals surface area contributed by atoms with Crippen LogP contribution in [-0.2, 0) is 4.79 Å². The van der Waals surface area contributed by atoms with Crippen molar-refractivity contribution in [1.82, 2.24) is 0 Å². The predicted octanol–water partition coefficient (Wildman–Crippen LogP) is 4.29. The molecule has 0 aliphatic heterocycles. The van der Waals surface area contributed by atoms with E-state index in [-0.39, 0.29) is 11.1 Å². The molecule has 98 valence electrons. The van der Waals surface area contributed by atoms with Crippen LogP contribution in [0.1, 0.15) is 26.7 Å². The molecular weight excluding hydrogens is 241 g/mol. The highest BCUT2D eigenvalue weighted by Gasteiger charge is 2.39. The van der Waals surface area contributed by atoms with Crippen molar-refractivity contribution in [2.75, 3.05) is 0 Å². The van der Waals surface area contributed by atoms with Crippen molar-refractivity contribution in [1.29, 1.82) is 0 Å². The second kappa shape index (κ2) is 5.38. The minimum Gasteiger partial charge on any atom is -0.289 e. The van der Waals surface area contributed by atoms with Crippen molar-refractivity contribution in [2.45, 2.75) is 32.9 Å². The van der Waals surface area contributed by atoms with Gasteiger partial charge in [0.05, 0.1) is 5.57 Å². The van der Waals surface area contributed by atoms with Crippen molar-refractivity contribution >= 4 is 5.78 Å². The van der Waals surface area contributed by atoms with E-state index >= 15 is 0 Å². The first-order valence-corrected chi connectivity index (χ1v) is 5.75. The molecule has 0 aromatic heterocycles. The molecule has 0 N–H and O–H groups in total. The molecule has 0 atom stereocenters. The van der Waals surface area contributed by atoms with Crippen molar-refractivity contribution in [3.63, 3.8) is 0 Å². The van der Waals surface area contributed by atoms with Crippen LogP contribution in [0.25, 0.3) is 0 Å². The topological polar surface area (TPSA) is 17.1 Å². The first-order valence-electron chi connectivity index (χ1n) is 5.75. The molecule has 0 saturated heterocycles. The van der Waals surface area contributed by atoms with Crippen LogP contribution in [0, 0.1) is 0 Å². The Morgan fingerprint density at radius 2 is 1.94 bits per heavy atom. The highest BCUT2D eigenvalue weighted by Crippen LogP contribution is 2.36. The van der Waals surface area contributed by atoms with E-state index in [4.69, 9.17) is 0 Å². The number of alkyl halides is 3. The predicted molar refractivity (Wildman–Crippen MR) is 65.0 cm³/mol. The molecule has 1 aliphatic carbocycles. The van der Waals surface area contributed by atoms with E-state index in [0.29, 0.717) is 18.4 Å². The van der Waals surface area contributed by atoms with E-state index in [0.717, 1.165) is 6.08 Å². The lowest BCUT2D eigenvalue weighted by Crippen LogP contribution is -2.22. The Morgan fingerprint density at radius 1 is 1.33 bits per heavy atom. The SMILES string of the molecule is C=C(CC)C1=CC=C(C(F)(F)F)/C(=C\CC)C1=O. The summed E-state index contributed by atoms with van der Waals surface area (Å²) in [6.07, 6.45) is -0.112. The quantitative estimate of drug-likeness (QED) is 0.688. The summed E-state index contributed by atoms with van der Waals surface area (Å²) in [4.78, 5) is 12.0. The molecule has 0 amide bonds. The first-order chi connectivity index (χ1) is 8.32. The van der Waals surface area contributed by atoms with Gasteiger partial charge in [0.1, 0.15) is 0 Å². The number of allylic oxidation sites excluding steroid dienone is 7. The molecule has 1 nitrogen and oxygen atoms in total. The van der Waals surface area contributed by atoms with Gasteiger partial charge < -0.3 is 0 Å². The standard InChI is InChI=1S/C14H15F3O/c1-4-6-11-12(14(15,16)17)8-7-10(13(11)18)9(3)5-2/h6-8H,3-5H2,1-2H3/b11-6+. The van der Waals surface area contributed by atoms with Crippen LogP contribution < -0.4 is 0 Å². The summed E-state index contributed by atoms with van der Waals surface area (Å²) in [6.45, 7) is 7.21. The Labute approximate surface area is 104 Å². The maximum atomic E-state index is 12.8. The minimum absolute atomic E-state index is 0.267. The lowest BCUT2D eigenvalue weighted by Gasteiger charge is -2.20. The molecule has 1 rings (SSSR count). The highest BCUT2D eigenvalue weighted by molar-refractivity contribution is 6.15. The van der Waals surface area contributed by atoms with Gasteiger partial charge in [-0.15, -0.1) is 0 Å². The molecule has 0 fully saturated rings. The summed E-state index contributed by atoms with van der Waals surface area (Å²) in [5, 5.41) is 0. The summed E-state index contributed by atoms with van der Waals surface area (Å²) in [6, 6.07) is 0. The number of carbonyl (C=O) groups is 1. The summed E-state index contributed by atoms with van der Waals surface area (Å²) >= 11 is 0. The van der Waals surface area contributed by atoms with Gasteiger partial charge in [0, 0.05) is 11.1 Å². The summed E-state index contributed by atoms with van der Waals surface area (Å²) < 4.78 is 38.4. The Balaban J connectivity index is 3.32. The van der Waals surface area contributed by atoms with Gasteiger partial charge in [0.2, 0.25) is 0 Å². The molecule has 0 radical (unpaired) electrons. The molecule has 0 aromatic rings. The third-order valence-electron chi connectivity index (χ3n) is 2.72. The molecular formula is C14H15F3O. The number of hydrogen-bond acceptors (Lipinski definition) is 1. The number of halogens is 3. The smallest absolute Gasteiger partial charge is 0.289 e. The van der Waals surface area contributed by atoms with Crippen LogP contribution in [0.15, 0.2) is 47.1 Å². The van der Waals surface area contributed by atoms with E-state index in [1.54, 1.807) is 6.92 Å². The zero-order chi connectivity index (χ0) is 13.9. The van der Waals surface area contributed by atoms with E-state index in [9.17, 15) is 18.0 Å². The second-order valence-electron chi connectivity index (χ2n) is 3.97. The van der Waals surface area contributed by atoms with Crippen LogP contribution in [-0.4, -0.2) is 12.0 Å². The normalized spacial score (nSPS) is 18.7. The van der Waals surface area contributed by atoms with Crippen LogP contribution in [0.4, 0.5) is 13.2 Å². The fraction of sp³-hybridized carbons (Fsp3) is 0.357. The van der Waals surface area contributed by atoms with Gasteiger partial charge in [0.25, 0.3) is 0 Å². The zero-order valence-electron chi connectivity index (χ0n) is 10.4. The fourth-order valence-corrected chi connectivity index (χ4v) is 1.72. The number of hydrogen-bond donors (Lipinski definition) is 0. The molecule has 4 heteroatoms. The Kier molecular flexibility index (Phi) is 4.33. The van der Waals surface area contributed by atoms with Crippen molar-refractivity contribution in [3.8, 4) is 0 Å². The van der Waals surface area contributed by atoms with E-state index in [1.807, 2.05) is 6.92 Å². The molecule has 0 bridgehead atoms. The average molecular weight is 256 g/mol. The fourth-order valence-electron chi connectivity index (χ4n) is 1.72. The summed E-state index contributed by atoms with van der Waals surface area (Å²) in [5.41, 5.74) is -0.316. The molecule has 0 saturated carbocycles. The molecule has 0 heterocycles. The van der Waals surface area contributed by atoms with Gasteiger partial charge in [-0.25, -0.2) is 0 Å². The number of rotatable bonds is 3. The van der Waals surface area contributed by atoms with Crippen LogP contribution in [0.5, 0.6) is 0 Å². The zero-order valence-corrected chi connectivity index (χ0v) is 10.4. The average Bonchev–Trinajstić information content (AvgIpc) is 2.29. The van der Waals surface area contributed by atoms with Gasteiger partial charge in [-0.05, 0) is 24.5 Å². The molecule has 1 aliphatic rings. The molecule has 0 spiro atoms. The number of Topliss-reactive ketones (excluding diaryl/α,β-unsaturated/α-hetero) is 1. The number of carbonyl (C=O) groups excluding carboxylic acids is 1. The summed E-state index contributed by atoms with van der Waals surface area (Å²) in [7, 11) is 0. The molecule has 0 aromatic carbocycles. The van der Waals surface area contributed by atoms with Gasteiger partial charge in [-0.2, -0.15) is 13.2 Å². The number of ketones is 1. The van der Waals surface area contributed by atoms with Gasteiger partial charge in [-0.1, -0.05) is 32.6 Å². The lowest BCUT2D eigenvalue weighted by atomic mass is 9.86. The van der Waals surface area contributed by atoms with E-state index in [2.05, 4.69) is 6.58 Å². The van der Waals surface area contributed by atoms with Crippen molar-refractivity contribution < 1.29 is 18.0 Å². The highest BCUT2D eigenvalue weighted by atomic mass is 19.4.